The first kappa shape index (κ1) is 31.4. The van der Waals surface area contributed by atoms with Crippen LogP contribution in [0.3, 0.4) is 0 Å². The number of rotatable bonds is 7. The fraction of sp³-hybridized carbons (Fsp3) is 0. The highest BCUT2D eigenvalue weighted by Gasteiger charge is 2.18. The van der Waals surface area contributed by atoms with E-state index in [1.807, 2.05) is 84.9 Å². The quantitative estimate of drug-likeness (QED) is 0.166. The molecule has 254 valence electrons. The van der Waals surface area contributed by atoms with Gasteiger partial charge in [0, 0.05) is 49.9 Å². The van der Waals surface area contributed by atoms with Gasteiger partial charge in [-0.3, -0.25) is 0 Å². The SMILES string of the molecule is c1ccc(-c2nc(-c3ccccc3)nc(-c3ccc4oc5c6ccccc6c(-c6ccc(N(c7ccccc7)c7ccccc7)cc6)cc5c4c3)n2)cc1. The zero-order valence-electron chi connectivity index (χ0n) is 29.2. The minimum atomic E-state index is 0.608. The Morgan fingerprint density at radius 2 is 0.796 bits per heavy atom. The maximum Gasteiger partial charge on any atom is 0.164 e. The van der Waals surface area contributed by atoms with Crippen LogP contribution in [0.1, 0.15) is 0 Å². The molecule has 0 fully saturated rings. The number of benzene rings is 8. The monoisotopic (exact) mass is 692 g/mol. The van der Waals surface area contributed by atoms with Crippen molar-refractivity contribution in [2.24, 2.45) is 0 Å². The van der Waals surface area contributed by atoms with E-state index in [0.29, 0.717) is 17.5 Å². The summed E-state index contributed by atoms with van der Waals surface area (Å²) in [5, 5.41) is 4.26. The molecule has 10 rings (SSSR count). The van der Waals surface area contributed by atoms with Gasteiger partial charge in [0.2, 0.25) is 0 Å². The largest absolute Gasteiger partial charge is 0.455 e. The van der Waals surface area contributed by atoms with Crippen molar-refractivity contribution in [3.63, 3.8) is 0 Å². The molecule has 5 heteroatoms. The average molecular weight is 693 g/mol. The summed E-state index contributed by atoms with van der Waals surface area (Å²) < 4.78 is 6.62. The van der Waals surface area contributed by atoms with E-state index in [1.54, 1.807) is 0 Å². The summed E-state index contributed by atoms with van der Waals surface area (Å²) in [7, 11) is 0. The van der Waals surface area contributed by atoms with Crippen LogP contribution in [-0.2, 0) is 0 Å². The molecule has 0 spiro atoms. The fourth-order valence-corrected chi connectivity index (χ4v) is 7.31. The molecule has 0 aliphatic heterocycles. The van der Waals surface area contributed by atoms with Gasteiger partial charge in [-0.15, -0.1) is 0 Å². The van der Waals surface area contributed by atoms with Gasteiger partial charge in [-0.05, 0) is 77.2 Å². The molecule has 2 aromatic heterocycles. The number of para-hydroxylation sites is 2. The van der Waals surface area contributed by atoms with Gasteiger partial charge < -0.3 is 9.32 Å². The van der Waals surface area contributed by atoms with Crippen molar-refractivity contribution in [2.75, 3.05) is 4.90 Å². The van der Waals surface area contributed by atoms with Crippen LogP contribution in [0.15, 0.2) is 199 Å². The maximum atomic E-state index is 6.62. The lowest BCUT2D eigenvalue weighted by molar-refractivity contribution is 0.672. The van der Waals surface area contributed by atoms with Crippen LogP contribution in [0.25, 0.3) is 78.0 Å². The van der Waals surface area contributed by atoms with Gasteiger partial charge in [-0.1, -0.05) is 133 Å². The van der Waals surface area contributed by atoms with Crippen LogP contribution in [0.2, 0.25) is 0 Å². The van der Waals surface area contributed by atoms with Crippen LogP contribution in [0.4, 0.5) is 17.1 Å². The number of aromatic nitrogens is 3. The second-order valence-corrected chi connectivity index (χ2v) is 13.3. The summed E-state index contributed by atoms with van der Waals surface area (Å²) in [5.41, 5.74) is 10.0. The molecule has 0 saturated carbocycles. The van der Waals surface area contributed by atoms with Gasteiger partial charge in [-0.25, -0.2) is 15.0 Å². The Morgan fingerprint density at radius 3 is 1.37 bits per heavy atom. The number of furan rings is 1. The van der Waals surface area contributed by atoms with E-state index in [0.717, 1.165) is 77.6 Å². The van der Waals surface area contributed by atoms with Gasteiger partial charge >= 0.3 is 0 Å². The zero-order valence-corrected chi connectivity index (χ0v) is 29.2. The van der Waals surface area contributed by atoms with Crippen LogP contribution < -0.4 is 4.90 Å². The number of hydrogen-bond acceptors (Lipinski definition) is 5. The van der Waals surface area contributed by atoms with E-state index in [2.05, 4.69) is 114 Å². The van der Waals surface area contributed by atoms with Crippen molar-refractivity contribution >= 4 is 49.8 Å². The van der Waals surface area contributed by atoms with Gasteiger partial charge in [0.05, 0.1) is 0 Å². The second kappa shape index (κ2) is 13.3. The highest BCUT2D eigenvalue weighted by molar-refractivity contribution is 6.19. The highest BCUT2D eigenvalue weighted by atomic mass is 16.3. The predicted octanol–water partition coefficient (Wildman–Crippen LogP) is 13.1. The molecule has 8 aromatic carbocycles. The van der Waals surface area contributed by atoms with Crippen LogP contribution >= 0.6 is 0 Å². The van der Waals surface area contributed by atoms with Crippen molar-refractivity contribution in [3.05, 3.63) is 194 Å². The van der Waals surface area contributed by atoms with E-state index in [1.165, 1.54) is 0 Å². The number of nitrogens with zero attached hydrogens (tertiary/aromatic N) is 4. The lowest BCUT2D eigenvalue weighted by Gasteiger charge is -2.25. The third kappa shape index (κ3) is 5.65. The van der Waals surface area contributed by atoms with E-state index in [4.69, 9.17) is 19.4 Å². The van der Waals surface area contributed by atoms with Gasteiger partial charge in [-0.2, -0.15) is 0 Å². The Balaban J connectivity index is 1.11. The summed E-state index contributed by atoms with van der Waals surface area (Å²) in [6.45, 7) is 0. The molecule has 0 unspecified atom stereocenters. The summed E-state index contributed by atoms with van der Waals surface area (Å²) in [6.07, 6.45) is 0. The van der Waals surface area contributed by atoms with E-state index in [9.17, 15) is 0 Å². The molecule has 5 nitrogen and oxygen atoms in total. The molecule has 0 bridgehead atoms. The Kier molecular flexibility index (Phi) is 7.73. The third-order valence-corrected chi connectivity index (χ3v) is 9.90. The second-order valence-electron chi connectivity index (χ2n) is 13.3. The minimum Gasteiger partial charge on any atom is -0.455 e. The topological polar surface area (TPSA) is 55.1 Å². The molecule has 54 heavy (non-hydrogen) atoms. The molecular formula is C49H32N4O. The van der Waals surface area contributed by atoms with Crippen LogP contribution in [0, 0.1) is 0 Å². The first-order valence-electron chi connectivity index (χ1n) is 18.0. The van der Waals surface area contributed by atoms with Crippen molar-refractivity contribution < 1.29 is 4.42 Å². The molecule has 0 aliphatic rings. The van der Waals surface area contributed by atoms with Gasteiger partial charge in [0.1, 0.15) is 11.2 Å². The van der Waals surface area contributed by atoms with Crippen molar-refractivity contribution in [1.82, 2.24) is 15.0 Å². The number of hydrogen-bond donors (Lipinski definition) is 0. The summed E-state index contributed by atoms with van der Waals surface area (Å²) in [6, 6.07) is 66.9. The first-order valence-corrected chi connectivity index (χ1v) is 18.0. The molecule has 2 heterocycles. The van der Waals surface area contributed by atoms with Crippen LogP contribution in [-0.4, -0.2) is 15.0 Å². The van der Waals surface area contributed by atoms with Crippen molar-refractivity contribution in [1.29, 1.82) is 0 Å². The molecule has 0 N–H and O–H groups in total. The first-order chi connectivity index (χ1) is 26.8. The standard InChI is InChI=1S/C49H32N4O/c1-5-15-34(16-6-1)47-50-48(35-17-7-2-8-18-35)52-49(51-47)36-27-30-45-43(31-36)44-32-42(40-23-13-14-24-41(40)46(44)54-45)33-25-28-39(29-26-33)53(37-19-9-3-10-20-37)38-21-11-4-12-22-38/h1-32H. The maximum absolute atomic E-state index is 6.62. The smallest absolute Gasteiger partial charge is 0.164 e. The Bertz CT molecular complexity index is 2810. The van der Waals surface area contributed by atoms with E-state index in [-0.39, 0.29) is 0 Å². The summed E-state index contributed by atoms with van der Waals surface area (Å²) >= 11 is 0. The lowest BCUT2D eigenvalue weighted by Crippen LogP contribution is -2.09. The zero-order chi connectivity index (χ0) is 35.8. The Hall–Kier alpha value is -7.37. The fourth-order valence-electron chi connectivity index (χ4n) is 7.31. The normalized spacial score (nSPS) is 11.3. The van der Waals surface area contributed by atoms with E-state index < -0.39 is 0 Å². The highest BCUT2D eigenvalue weighted by Crippen LogP contribution is 2.42. The van der Waals surface area contributed by atoms with Crippen molar-refractivity contribution in [2.45, 2.75) is 0 Å². The molecule has 10 aromatic rings. The molecule has 0 aliphatic carbocycles. The van der Waals surface area contributed by atoms with Gasteiger partial charge in [0.25, 0.3) is 0 Å². The van der Waals surface area contributed by atoms with E-state index >= 15 is 0 Å². The Labute approximate surface area is 312 Å². The average Bonchev–Trinajstić information content (AvgIpc) is 3.63. The van der Waals surface area contributed by atoms with Crippen molar-refractivity contribution in [3.8, 4) is 45.3 Å². The predicted molar refractivity (Wildman–Crippen MR) is 221 cm³/mol. The molecule has 0 radical (unpaired) electrons. The molecular weight excluding hydrogens is 661 g/mol. The number of fused-ring (bicyclic) bond motifs is 5. The summed E-state index contributed by atoms with van der Waals surface area (Å²) in [5.74, 6) is 1.87. The number of anilines is 3. The minimum absolute atomic E-state index is 0.608. The van der Waals surface area contributed by atoms with Crippen LogP contribution in [0.5, 0.6) is 0 Å². The summed E-state index contributed by atoms with van der Waals surface area (Å²) in [4.78, 5) is 17.2. The van der Waals surface area contributed by atoms with Gasteiger partial charge in [0.15, 0.2) is 17.5 Å². The third-order valence-electron chi connectivity index (χ3n) is 9.90. The molecule has 0 amide bonds. The Morgan fingerprint density at radius 1 is 0.333 bits per heavy atom. The lowest BCUT2D eigenvalue weighted by atomic mass is 9.95. The molecule has 0 saturated heterocycles. The molecule has 0 atom stereocenters.